The van der Waals surface area contributed by atoms with Crippen molar-refractivity contribution in [2.75, 3.05) is 6.61 Å². The van der Waals surface area contributed by atoms with E-state index < -0.39 is 11.8 Å². The van der Waals surface area contributed by atoms with E-state index in [4.69, 9.17) is 14.6 Å². The van der Waals surface area contributed by atoms with Gasteiger partial charge in [-0.05, 0) is 6.92 Å². The topological polar surface area (TPSA) is 55.8 Å². The molecule has 0 amide bonds. The van der Waals surface area contributed by atoms with Gasteiger partial charge < -0.3 is 14.6 Å². The zero-order valence-electron chi connectivity index (χ0n) is 6.36. The van der Waals surface area contributed by atoms with Crippen LogP contribution in [0.2, 0.25) is 0 Å². The SMILES string of the molecule is CC1COC(C)(C(=O)O)O1.F.[KH]. The molecule has 4 nitrogen and oxygen atoms in total. The maximum absolute atomic E-state index is 10.4. The summed E-state index contributed by atoms with van der Waals surface area (Å²) in [6, 6.07) is 0. The quantitative estimate of drug-likeness (QED) is 0.600. The van der Waals surface area contributed by atoms with Gasteiger partial charge in [0.15, 0.2) is 0 Å². The van der Waals surface area contributed by atoms with Crippen molar-refractivity contribution in [1.82, 2.24) is 0 Å². The Hall–Kier alpha value is 0.956. The molecule has 1 N–H and O–H groups in total. The first-order valence-corrected chi connectivity index (χ1v) is 3.10. The number of hydrogen-bond donors (Lipinski definition) is 1. The first-order chi connectivity index (χ1) is 4.54. The Morgan fingerprint density at radius 1 is 1.67 bits per heavy atom. The first kappa shape index (κ1) is 15.4. The van der Waals surface area contributed by atoms with Gasteiger partial charge in [0, 0.05) is 6.92 Å². The van der Waals surface area contributed by atoms with Gasteiger partial charge in [0.2, 0.25) is 0 Å². The van der Waals surface area contributed by atoms with Gasteiger partial charge in [0.25, 0.3) is 5.79 Å². The molecule has 0 radical (unpaired) electrons. The van der Waals surface area contributed by atoms with E-state index in [2.05, 4.69) is 0 Å². The van der Waals surface area contributed by atoms with Gasteiger partial charge in [-0.3, -0.25) is 4.70 Å². The van der Waals surface area contributed by atoms with E-state index >= 15 is 0 Å². The summed E-state index contributed by atoms with van der Waals surface area (Å²) in [6.07, 6.45) is -0.124. The molecule has 0 bridgehead atoms. The van der Waals surface area contributed by atoms with Crippen molar-refractivity contribution in [3.8, 4) is 0 Å². The van der Waals surface area contributed by atoms with Crippen LogP contribution in [0, 0.1) is 0 Å². The molecule has 0 aliphatic carbocycles. The molecule has 1 fully saturated rings. The molecule has 1 rings (SSSR count). The monoisotopic (exact) mass is 206 g/mol. The number of carboxylic acids is 1. The summed E-state index contributed by atoms with van der Waals surface area (Å²) in [5, 5.41) is 8.54. The number of aliphatic carboxylic acids is 1. The second-order valence-electron chi connectivity index (χ2n) is 2.49. The second-order valence-corrected chi connectivity index (χ2v) is 2.49. The van der Waals surface area contributed by atoms with Gasteiger partial charge in [-0.2, -0.15) is 0 Å². The van der Waals surface area contributed by atoms with Crippen molar-refractivity contribution >= 4 is 57.4 Å². The van der Waals surface area contributed by atoms with Crippen molar-refractivity contribution < 1.29 is 24.1 Å². The summed E-state index contributed by atoms with van der Waals surface area (Å²) in [4.78, 5) is 10.4. The average molecular weight is 206 g/mol. The Kier molecular flexibility index (Phi) is 7.25. The standard InChI is InChI=1S/C6H10O4.FH.K.H/c1-4-3-9-6(2,10-4)5(7)8;;;/h4H,3H2,1-2H3,(H,7,8);1H;;. The third-order valence-corrected chi connectivity index (χ3v) is 1.41. The number of carboxylic acid groups (broad SMARTS) is 1. The predicted molar refractivity (Wildman–Crippen MR) is 42.2 cm³/mol. The third kappa shape index (κ3) is 3.37. The maximum atomic E-state index is 10.4. The van der Waals surface area contributed by atoms with Crippen molar-refractivity contribution in [1.29, 1.82) is 0 Å². The molecule has 0 aromatic heterocycles. The Morgan fingerprint density at radius 3 is 2.33 bits per heavy atom. The van der Waals surface area contributed by atoms with Gasteiger partial charge >= 0.3 is 57.4 Å². The molecule has 0 spiro atoms. The number of ether oxygens (including phenoxy) is 2. The fourth-order valence-electron chi connectivity index (χ4n) is 0.840. The summed E-state index contributed by atoms with van der Waals surface area (Å²) in [5.41, 5.74) is 0. The van der Waals surface area contributed by atoms with E-state index in [1.807, 2.05) is 0 Å². The van der Waals surface area contributed by atoms with Crippen LogP contribution in [0.4, 0.5) is 4.70 Å². The van der Waals surface area contributed by atoms with Gasteiger partial charge in [-0.15, -0.1) is 0 Å². The summed E-state index contributed by atoms with van der Waals surface area (Å²) < 4.78 is 9.88. The summed E-state index contributed by atoms with van der Waals surface area (Å²) >= 11 is 0. The Labute approximate surface area is 112 Å². The molecular weight excluding hydrogens is 194 g/mol. The van der Waals surface area contributed by atoms with Crippen molar-refractivity contribution in [2.24, 2.45) is 0 Å². The van der Waals surface area contributed by atoms with E-state index in [1.165, 1.54) is 6.92 Å². The van der Waals surface area contributed by atoms with Gasteiger partial charge in [-0.1, -0.05) is 0 Å². The minimum absolute atomic E-state index is 0. The molecule has 12 heavy (non-hydrogen) atoms. The molecule has 1 heterocycles. The predicted octanol–water partition coefficient (Wildman–Crippen LogP) is -0.274. The number of carbonyl (C=O) groups is 1. The molecule has 0 aromatic rings. The summed E-state index contributed by atoms with van der Waals surface area (Å²) in [7, 11) is 0. The zero-order valence-corrected chi connectivity index (χ0v) is 6.36. The molecule has 0 aromatic carbocycles. The first-order valence-electron chi connectivity index (χ1n) is 3.10. The number of hydrogen-bond acceptors (Lipinski definition) is 3. The second kappa shape index (κ2) is 5.64. The summed E-state index contributed by atoms with van der Waals surface area (Å²) in [6.45, 7) is 3.52. The van der Waals surface area contributed by atoms with Crippen LogP contribution >= 0.6 is 0 Å². The van der Waals surface area contributed by atoms with E-state index in [0.717, 1.165) is 0 Å². The van der Waals surface area contributed by atoms with Crippen LogP contribution in [0.25, 0.3) is 0 Å². The Morgan fingerprint density at radius 2 is 2.17 bits per heavy atom. The van der Waals surface area contributed by atoms with Crippen molar-refractivity contribution in [2.45, 2.75) is 25.7 Å². The van der Waals surface area contributed by atoms with Gasteiger partial charge in [0.1, 0.15) is 0 Å². The van der Waals surface area contributed by atoms with E-state index in [-0.39, 0.29) is 62.2 Å². The van der Waals surface area contributed by atoms with Crippen LogP contribution in [-0.2, 0) is 14.3 Å². The van der Waals surface area contributed by atoms with E-state index in [9.17, 15) is 4.79 Å². The molecule has 1 aliphatic heterocycles. The molecule has 2 unspecified atom stereocenters. The van der Waals surface area contributed by atoms with Crippen LogP contribution in [-0.4, -0.2) is 81.0 Å². The molecule has 1 aliphatic rings. The third-order valence-electron chi connectivity index (χ3n) is 1.41. The molecule has 2 atom stereocenters. The van der Waals surface area contributed by atoms with E-state index in [1.54, 1.807) is 6.92 Å². The Balaban J connectivity index is 0. The molecule has 0 saturated carbocycles. The fourth-order valence-corrected chi connectivity index (χ4v) is 0.840. The molecule has 68 valence electrons. The van der Waals surface area contributed by atoms with Gasteiger partial charge in [0.05, 0.1) is 12.7 Å². The van der Waals surface area contributed by atoms with Crippen molar-refractivity contribution in [3.05, 3.63) is 0 Å². The van der Waals surface area contributed by atoms with Crippen molar-refractivity contribution in [3.63, 3.8) is 0 Å². The number of halogens is 1. The normalized spacial score (nSPS) is 33.3. The van der Waals surface area contributed by atoms with E-state index in [0.29, 0.717) is 6.61 Å². The van der Waals surface area contributed by atoms with Crippen LogP contribution < -0.4 is 0 Å². The summed E-state index contributed by atoms with van der Waals surface area (Å²) in [5.74, 6) is -2.49. The van der Waals surface area contributed by atoms with Crippen LogP contribution in [0.1, 0.15) is 13.8 Å². The molecular formula is C6H12FKO4. The molecule has 6 heteroatoms. The average Bonchev–Trinajstić information content (AvgIpc) is 2.13. The fraction of sp³-hybridized carbons (Fsp3) is 0.833. The van der Waals surface area contributed by atoms with Crippen LogP contribution in [0.15, 0.2) is 0 Å². The minimum atomic E-state index is -1.42. The van der Waals surface area contributed by atoms with Crippen LogP contribution in [0.3, 0.4) is 0 Å². The Bertz CT molecular complexity index is 166. The van der Waals surface area contributed by atoms with Gasteiger partial charge in [-0.25, -0.2) is 4.79 Å². The zero-order chi connectivity index (χ0) is 7.78. The number of rotatable bonds is 1. The molecule has 1 saturated heterocycles. The van der Waals surface area contributed by atoms with Crippen LogP contribution in [0.5, 0.6) is 0 Å².